The van der Waals surface area contributed by atoms with E-state index in [2.05, 4.69) is 24.5 Å². The largest absolute Gasteiger partial charge is 0.480 e. The predicted octanol–water partition coefficient (Wildman–Crippen LogP) is 5.81. The van der Waals surface area contributed by atoms with E-state index in [-0.39, 0.29) is 30.9 Å². The molecule has 2 unspecified atom stereocenters. The number of unbranched alkanes of at least 4 members (excludes halogenated alkanes) is 14. The van der Waals surface area contributed by atoms with Crippen molar-refractivity contribution in [1.29, 1.82) is 0 Å². The number of ether oxygens (including phenoxy) is 1. The zero-order valence-corrected chi connectivity index (χ0v) is 25.4. The Morgan fingerprint density at radius 1 is 0.650 bits per heavy atom. The Labute approximate surface area is 242 Å². The first-order valence-electron chi connectivity index (χ1n) is 15.9. The van der Waals surface area contributed by atoms with Crippen molar-refractivity contribution in [2.24, 2.45) is 0 Å². The molecule has 0 aliphatic rings. The van der Waals surface area contributed by atoms with E-state index < -0.39 is 24.5 Å². The summed E-state index contributed by atoms with van der Waals surface area (Å²) in [5.41, 5.74) is 0. The molecule has 0 saturated heterocycles. The lowest BCUT2D eigenvalue weighted by molar-refractivity contribution is -0.150. The molecule has 0 heterocycles. The van der Waals surface area contributed by atoms with Crippen molar-refractivity contribution in [2.45, 2.75) is 161 Å². The van der Waals surface area contributed by atoms with E-state index in [1.165, 1.54) is 64.2 Å². The van der Waals surface area contributed by atoms with Crippen molar-refractivity contribution in [1.82, 2.24) is 10.6 Å². The second-order valence-electron chi connectivity index (χ2n) is 10.9. The number of hydrogen-bond donors (Lipinski definition) is 4. The zero-order chi connectivity index (χ0) is 29.8. The second-order valence-corrected chi connectivity index (χ2v) is 10.9. The first-order valence-corrected chi connectivity index (χ1v) is 15.9. The van der Waals surface area contributed by atoms with Crippen LogP contribution in [0.3, 0.4) is 0 Å². The Morgan fingerprint density at radius 2 is 1.15 bits per heavy atom. The van der Waals surface area contributed by atoms with Crippen LogP contribution in [0, 0.1) is 0 Å². The fraction of sp³-hybridized carbons (Fsp3) is 0.871. The molecule has 0 fully saturated rings. The van der Waals surface area contributed by atoms with Crippen LogP contribution < -0.4 is 10.6 Å². The lowest BCUT2D eigenvalue weighted by Crippen LogP contribution is -2.47. The highest BCUT2D eigenvalue weighted by Gasteiger charge is 2.19. The molecule has 2 atom stereocenters. The summed E-state index contributed by atoms with van der Waals surface area (Å²) in [6.07, 6.45) is 21.9. The molecule has 0 radical (unpaired) electrons. The molecule has 9 heteroatoms. The number of amides is 2. The van der Waals surface area contributed by atoms with Crippen molar-refractivity contribution >= 4 is 23.8 Å². The van der Waals surface area contributed by atoms with E-state index in [0.717, 1.165) is 51.4 Å². The number of hydrogen-bond acceptors (Lipinski definition) is 6. The highest BCUT2D eigenvalue weighted by Crippen LogP contribution is 2.17. The summed E-state index contributed by atoms with van der Waals surface area (Å²) in [7, 11) is 0. The molecule has 2 amide bonds. The summed E-state index contributed by atoms with van der Waals surface area (Å²) < 4.78 is 5.78. The molecule has 40 heavy (non-hydrogen) atoms. The fourth-order valence-electron chi connectivity index (χ4n) is 4.58. The molecular weight excluding hydrogens is 512 g/mol. The van der Waals surface area contributed by atoms with Gasteiger partial charge in [0.05, 0.1) is 13.2 Å². The minimum atomic E-state index is -1.39. The van der Waals surface area contributed by atoms with E-state index in [0.29, 0.717) is 12.8 Å². The first kappa shape index (κ1) is 37.8. The van der Waals surface area contributed by atoms with Crippen LogP contribution >= 0.6 is 0 Å². The Bertz CT molecular complexity index is 672. The number of carboxylic acid groups (broad SMARTS) is 1. The Kier molecular flexibility index (Phi) is 25.6. The first-order chi connectivity index (χ1) is 19.3. The number of carbonyl (C=O) groups is 4. The van der Waals surface area contributed by atoms with E-state index in [1.54, 1.807) is 0 Å². The number of aliphatic hydroxyl groups excluding tert-OH is 1. The van der Waals surface area contributed by atoms with E-state index in [4.69, 9.17) is 14.9 Å². The van der Waals surface area contributed by atoms with Crippen LogP contribution in [0.5, 0.6) is 0 Å². The molecular formula is C31H58N2O7. The molecule has 0 spiro atoms. The summed E-state index contributed by atoms with van der Waals surface area (Å²) in [5.74, 6) is -2.40. The molecule has 234 valence electrons. The molecule has 0 aliphatic carbocycles. The zero-order valence-electron chi connectivity index (χ0n) is 25.4. The van der Waals surface area contributed by atoms with Gasteiger partial charge in [0, 0.05) is 12.8 Å². The molecule has 4 N–H and O–H groups in total. The van der Waals surface area contributed by atoms with Crippen LogP contribution in [0.4, 0.5) is 0 Å². The van der Waals surface area contributed by atoms with Gasteiger partial charge in [-0.05, 0) is 32.1 Å². The summed E-state index contributed by atoms with van der Waals surface area (Å²) >= 11 is 0. The summed E-state index contributed by atoms with van der Waals surface area (Å²) in [5, 5.41) is 22.3. The van der Waals surface area contributed by atoms with E-state index in [1.807, 2.05) is 0 Å². The van der Waals surface area contributed by atoms with Crippen LogP contribution in [-0.2, 0) is 23.9 Å². The number of aliphatic hydroxyl groups is 1. The van der Waals surface area contributed by atoms with Gasteiger partial charge in [0.1, 0.15) is 12.1 Å². The standard InChI is InChI=1S/C31H58N2O7/c1-3-5-7-8-9-10-11-12-13-14-15-19-23-30(37)40-26(20-6-4-2)21-17-16-18-22-28(35)32-24-29(36)33-27(25-34)31(38)39/h26-27,34H,3-25H2,1-2H3,(H,32,35)(H,33,36)(H,38,39). The van der Waals surface area contributed by atoms with Crippen LogP contribution in [0.25, 0.3) is 0 Å². The SMILES string of the molecule is CCCCCCCCCCCCCCC(=O)OC(CCCC)CCCCCC(=O)NCC(=O)NC(CO)C(=O)O. The number of carboxylic acids is 1. The van der Waals surface area contributed by atoms with Crippen molar-refractivity contribution in [3.8, 4) is 0 Å². The lowest BCUT2D eigenvalue weighted by Gasteiger charge is -2.18. The number of carbonyl (C=O) groups excluding carboxylic acids is 3. The molecule has 0 aromatic heterocycles. The number of esters is 1. The minimum absolute atomic E-state index is 0.0731. The molecule has 0 saturated carbocycles. The highest BCUT2D eigenvalue weighted by molar-refractivity contribution is 5.87. The van der Waals surface area contributed by atoms with Crippen molar-refractivity contribution in [3.63, 3.8) is 0 Å². The van der Waals surface area contributed by atoms with Crippen LogP contribution in [0.15, 0.2) is 0 Å². The van der Waals surface area contributed by atoms with Gasteiger partial charge < -0.3 is 25.6 Å². The Hall–Kier alpha value is -2.16. The minimum Gasteiger partial charge on any atom is -0.480 e. The van der Waals surface area contributed by atoms with Crippen molar-refractivity contribution < 1.29 is 34.1 Å². The third-order valence-electron chi connectivity index (χ3n) is 7.10. The average molecular weight is 571 g/mol. The van der Waals surface area contributed by atoms with Crippen LogP contribution in [0.2, 0.25) is 0 Å². The molecule has 0 aromatic rings. The molecule has 0 aliphatic heterocycles. The number of nitrogens with one attached hydrogen (secondary N) is 2. The van der Waals surface area contributed by atoms with Gasteiger partial charge in [-0.1, -0.05) is 104 Å². The summed E-state index contributed by atoms with van der Waals surface area (Å²) in [4.78, 5) is 46.8. The van der Waals surface area contributed by atoms with Crippen LogP contribution in [0.1, 0.15) is 149 Å². The number of rotatable bonds is 28. The fourth-order valence-corrected chi connectivity index (χ4v) is 4.58. The monoisotopic (exact) mass is 570 g/mol. The third-order valence-corrected chi connectivity index (χ3v) is 7.10. The smallest absolute Gasteiger partial charge is 0.328 e. The summed E-state index contributed by atoms with van der Waals surface area (Å²) in [6.45, 7) is 3.31. The van der Waals surface area contributed by atoms with Crippen LogP contribution in [-0.4, -0.2) is 59.3 Å². The van der Waals surface area contributed by atoms with Gasteiger partial charge in [0.2, 0.25) is 11.8 Å². The van der Waals surface area contributed by atoms with E-state index in [9.17, 15) is 19.2 Å². The molecule has 9 nitrogen and oxygen atoms in total. The van der Waals surface area contributed by atoms with Gasteiger partial charge >= 0.3 is 11.9 Å². The quantitative estimate of drug-likeness (QED) is 0.0687. The highest BCUT2D eigenvalue weighted by atomic mass is 16.5. The van der Waals surface area contributed by atoms with Gasteiger partial charge in [-0.25, -0.2) is 4.79 Å². The maximum Gasteiger partial charge on any atom is 0.328 e. The lowest BCUT2D eigenvalue weighted by atomic mass is 10.0. The van der Waals surface area contributed by atoms with Gasteiger partial charge in [-0.15, -0.1) is 0 Å². The normalized spacial score (nSPS) is 12.5. The van der Waals surface area contributed by atoms with Gasteiger partial charge in [-0.2, -0.15) is 0 Å². The summed E-state index contributed by atoms with van der Waals surface area (Å²) in [6, 6.07) is -1.39. The average Bonchev–Trinajstić information content (AvgIpc) is 2.93. The van der Waals surface area contributed by atoms with Crippen molar-refractivity contribution in [2.75, 3.05) is 13.2 Å². The van der Waals surface area contributed by atoms with Gasteiger partial charge in [0.25, 0.3) is 0 Å². The Balaban J connectivity index is 3.93. The molecule has 0 bridgehead atoms. The maximum atomic E-state index is 12.4. The Morgan fingerprint density at radius 3 is 1.70 bits per heavy atom. The van der Waals surface area contributed by atoms with Crippen molar-refractivity contribution in [3.05, 3.63) is 0 Å². The predicted molar refractivity (Wildman–Crippen MR) is 158 cm³/mol. The third kappa shape index (κ3) is 23.7. The second kappa shape index (κ2) is 27.0. The number of aliphatic carboxylic acids is 1. The topological polar surface area (TPSA) is 142 Å². The maximum absolute atomic E-state index is 12.4. The molecule has 0 rings (SSSR count). The molecule has 0 aromatic carbocycles. The van der Waals surface area contributed by atoms with E-state index >= 15 is 0 Å². The van der Waals surface area contributed by atoms with Gasteiger partial charge in [0.15, 0.2) is 0 Å². The van der Waals surface area contributed by atoms with Gasteiger partial charge in [-0.3, -0.25) is 14.4 Å².